The number of rotatable bonds is 2. The molecule has 2 saturated heterocycles. The van der Waals surface area contributed by atoms with E-state index in [9.17, 15) is 0 Å². The third-order valence-corrected chi connectivity index (χ3v) is 4.09. The Hall–Kier alpha value is -0.340. The van der Waals surface area contributed by atoms with Crippen molar-refractivity contribution in [2.45, 2.75) is 51.7 Å². The van der Waals surface area contributed by atoms with Crippen LogP contribution in [-0.2, 0) is 4.74 Å². The second kappa shape index (κ2) is 3.85. The molecule has 0 N–H and O–H groups in total. The van der Waals surface area contributed by atoms with E-state index >= 15 is 0 Å². The molecule has 0 unspecified atom stereocenters. The summed E-state index contributed by atoms with van der Waals surface area (Å²) in [5, 5.41) is 0. The average molecular weight is 223 g/mol. The molecule has 2 nitrogen and oxygen atoms in total. The number of hydrogen-bond acceptors (Lipinski definition) is 2. The normalized spacial score (nSPS) is 35.8. The topological polar surface area (TPSA) is 12.5 Å². The summed E-state index contributed by atoms with van der Waals surface area (Å²) in [6.07, 6.45) is 3.92. The molecule has 0 aliphatic carbocycles. The maximum Gasteiger partial charge on any atom is 0.0719 e. The van der Waals surface area contributed by atoms with Crippen LogP contribution >= 0.6 is 0 Å². The molecule has 0 saturated carbocycles. The summed E-state index contributed by atoms with van der Waals surface area (Å²) in [5.41, 5.74) is 2.02. The van der Waals surface area contributed by atoms with E-state index < -0.39 is 0 Å². The van der Waals surface area contributed by atoms with Gasteiger partial charge in [-0.25, -0.2) is 0 Å². The fourth-order valence-electron chi connectivity index (χ4n) is 3.51. The van der Waals surface area contributed by atoms with Crippen LogP contribution in [0.25, 0.3) is 0 Å². The van der Waals surface area contributed by atoms with E-state index in [-0.39, 0.29) is 5.54 Å². The van der Waals surface area contributed by atoms with Crippen molar-refractivity contribution >= 4 is 0 Å². The van der Waals surface area contributed by atoms with E-state index in [4.69, 9.17) is 4.74 Å². The number of fused-ring (bicyclic) bond motifs is 1. The lowest BCUT2D eigenvalue weighted by molar-refractivity contribution is 0.108. The molecule has 0 aromatic heterocycles. The van der Waals surface area contributed by atoms with Crippen molar-refractivity contribution in [3.05, 3.63) is 12.2 Å². The molecule has 0 radical (unpaired) electrons. The van der Waals surface area contributed by atoms with Gasteiger partial charge in [0.15, 0.2) is 0 Å². The molecule has 2 atom stereocenters. The quantitative estimate of drug-likeness (QED) is 0.667. The van der Waals surface area contributed by atoms with Gasteiger partial charge in [-0.15, -0.1) is 0 Å². The van der Waals surface area contributed by atoms with Gasteiger partial charge >= 0.3 is 0 Å². The first kappa shape index (κ1) is 12.1. The summed E-state index contributed by atoms with van der Waals surface area (Å²) in [6, 6.07) is 0. The van der Waals surface area contributed by atoms with Crippen LogP contribution in [-0.4, -0.2) is 36.7 Å². The van der Waals surface area contributed by atoms with Crippen molar-refractivity contribution in [2.24, 2.45) is 5.41 Å². The molecule has 0 amide bonds. The van der Waals surface area contributed by atoms with Gasteiger partial charge in [0.2, 0.25) is 0 Å². The van der Waals surface area contributed by atoms with Crippen LogP contribution in [0.3, 0.4) is 0 Å². The Balaban J connectivity index is 2.23. The minimum absolute atomic E-state index is 0.235. The van der Waals surface area contributed by atoms with Gasteiger partial charge in [0.25, 0.3) is 0 Å². The van der Waals surface area contributed by atoms with E-state index in [0.29, 0.717) is 11.5 Å². The summed E-state index contributed by atoms with van der Waals surface area (Å²) >= 11 is 0. The van der Waals surface area contributed by atoms with E-state index in [1.165, 1.54) is 25.0 Å². The van der Waals surface area contributed by atoms with Gasteiger partial charge in [-0.2, -0.15) is 0 Å². The number of nitrogens with zero attached hydrogens (tertiary/aromatic N) is 1. The lowest BCUT2D eigenvalue weighted by atomic mass is 9.75. The highest BCUT2D eigenvalue weighted by Gasteiger charge is 2.52. The third-order valence-electron chi connectivity index (χ3n) is 4.09. The van der Waals surface area contributed by atoms with Crippen LogP contribution in [0, 0.1) is 5.41 Å². The first-order valence-electron chi connectivity index (χ1n) is 6.33. The number of methoxy groups -OCH3 is 1. The maximum absolute atomic E-state index is 5.55. The Labute approximate surface area is 99.7 Å². The first-order valence-corrected chi connectivity index (χ1v) is 6.33. The SMILES string of the molecule is C=C1CCN2C[C@H](OC)C[C@]12CC(C)(C)C. The predicted molar refractivity (Wildman–Crippen MR) is 67.5 cm³/mol. The molecule has 0 aromatic carbocycles. The molecule has 2 fully saturated rings. The second-order valence-corrected chi connectivity index (χ2v) is 6.63. The summed E-state index contributed by atoms with van der Waals surface area (Å²) in [5.74, 6) is 0. The van der Waals surface area contributed by atoms with Crippen molar-refractivity contribution in [1.29, 1.82) is 0 Å². The fraction of sp³-hybridized carbons (Fsp3) is 0.857. The zero-order valence-electron chi connectivity index (χ0n) is 11.2. The van der Waals surface area contributed by atoms with Crippen molar-refractivity contribution < 1.29 is 4.74 Å². The van der Waals surface area contributed by atoms with E-state index in [1.54, 1.807) is 0 Å². The molecule has 0 spiro atoms. The van der Waals surface area contributed by atoms with Crippen LogP contribution in [0.2, 0.25) is 0 Å². The van der Waals surface area contributed by atoms with E-state index in [1.807, 2.05) is 7.11 Å². The molecule has 0 bridgehead atoms. The fourth-order valence-corrected chi connectivity index (χ4v) is 3.51. The number of hydrogen-bond donors (Lipinski definition) is 0. The summed E-state index contributed by atoms with van der Waals surface area (Å²) in [4.78, 5) is 2.61. The van der Waals surface area contributed by atoms with Gasteiger partial charge < -0.3 is 4.74 Å². The Morgan fingerprint density at radius 3 is 2.75 bits per heavy atom. The Kier molecular flexibility index (Phi) is 2.92. The van der Waals surface area contributed by atoms with Gasteiger partial charge in [0.1, 0.15) is 0 Å². The highest BCUT2D eigenvalue weighted by molar-refractivity contribution is 5.27. The molecule has 92 valence electrons. The lowest BCUT2D eigenvalue weighted by Gasteiger charge is -2.38. The van der Waals surface area contributed by atoms with Crippen LogP contribution < -0.4 is 0 Å². The van der Waals surface area contributed by atoms with Crippen LogP contribution in [0.5, 0.6) is 0 Å². The first-order chi connectivity index (χ1) is 7.37. The summed E-state index contributed by atoms with van der Waals surface area (Å²) in [6.45, 7) is 13.6. The Bertz CT molecular complexity index is 292. The van der Waals surface area contributed by atoms with Gasteiger partial charge in [0, 0.05) is 25.7 Å². The molecule has 16 heavy (non-hydrogen) atoms. The molecule has 2 heteroatoms. The molecular formula is C14H25NO. The van der Waals surface area contributed by atoms with Crippen molar-refractivity contribution in [3.63, 3.8) is 0 Å². The predicted octanol–water partition coefficient (Wildman–Crippen LogP) is 2.84. The van der Waals surface area contributed by atoms with Crippen molar-refractivity contribution in [2.75, 3.05) is 20.2 Å². The van der Waals surface area contributed by atoms with E-state index in [0.717, 1.165) is 13.0 Å². The molecule has 2 heterocycles. The van der Waals surface area contributed by atoms with Gasteiger partial charge in [-0.3, -0.25) is 4.90 Å². The maximum atomic E-state index is 5.55. The number of ether oxygens (including phenoxy) is 1. The summed E-state index contributed by atoms with van der Waals surface area (Å²) < 4.78 is 5.55. The molecular weight excluding hydrogens is 198 g/mol. The zero-order chi connectivity index (χ0) is 12.0. The summed E-state index contributed by atoms with van der Waals surface area (Å²) in [7, 11) is 1.83. The van der Waals surface area contributed by atoms with Crippen molar-refractivity contribution in [3.8, 4) is 0 Å². The van der Waals surface area contributed by atoms with Gasteiger partial charge in [-0.1, -0.05) is 32.9 Å². The largest absolute Gasteiger partial charge is 0.380 e. The van der Waals surface area contributed by atoms with Crippen LogP contribution in [0.4, 0.5) is 0 Å². The second-order valence-electron chi connectivity index (χ2n) is 6.63. The van der Waals surface area contributed by atoms with Gasteiger partial charge in [0.05, 0.1) is 6.10 Å². The van der Waals surface area contributed by atoms with Crippen LogP contribution in [0.1, 0.15) is 40.0 Å². The highest BCUT2D eigenvalue weighted by Crippen LogP contribution is 2.48. The molecule has 0 aromatic rings. The Morgan fingerprint density at radius 1 is 1.50 bits per heavy atom. The average Bonchev–Trinajstić information content (AvgIpc) is 2.62. The van der Waals surface area contributed by atoms with Crippen molar-refractivity contribution in [1.82, 2.24) is 4.90 Å². The lowest BCUT2D eigenvalue weighted by Crippen LogP contribution is -2.42. The van der Waals surface area contributed by atoms with Gasteiger partial charge in [-0.05, 0) is 24.7 Å². The zero-order valence-corrected chi connectivity index (χ0v) is 11.2. The standard InChI is InChI=1S/C14H25NO/c1-11-6-7-15-9-12(16-5)8-14(11,15)10-13(2,3)4/h12H,1,6-10H2,2-5H3/t12-,14+/m1/s1. The van der Waals surface area contributed by atoms with Crippen LogP contribution in [0.15, 0.2) is 12.2 Å². The third kappa shape index (κ3) is 1.93. The smallest absolute Gasteiger partial charge is 0.0719 e. The minimum atomic E-state index is 0.235. The Morgan fingerprint density at radius 2 is 2.19 bits per heavy atom. The van der Waals surface area contributed by atoms with E-state index in [2.05, 4.69) is 32.3 Å². The molecule has 2 aliphatic rings. The highest BCUT2D eigenvalue weighted by atomic mass is 16.5. The monoisotopic (exact) mass is 223 g/mol. The minimum Gasteiger partial charge on any atom is -0.380 e. The molecule has 2 rings (SSSR count). The molecule has 2 aliphatic heterocycles.